The van der Waals surface area contributed by atoms with Crippen molar-refractivity contribution in [2.24, 2.45) is 5.92 Å². The maximum atomic E-state index is 6.38. The smallest absolute Gasteiger partial charge is 0.0875 e. The van der Waals surface area contributed by atoms with Crippen molar-refractivity contribution >= 4 is 0 Å². The number of hydrogen-bond acceptors (Lipinski definition) is 2. The van der Waals surface area contributed by atoms with Crippen LogP contribution < -0.4 is 5.32 Å². The molecule has 0 aromatic carbocycles. The van der Waals surface area contributed by atoms with E-state index in [1.807, 2.05) is 0 Å². The maximum Gasteiger partial charge on any atom is 0.0875 e. The van der Waals surface area contributed by atoms with Crippen molar-refractivity contribution in [2.75, 3.05) is 13.7 Å². The van der Waals surface area contributed by atoms with E-state index in [9.17, 15) is 0 Å². The van der Waals surface area contributed by atoms with Gasteiger partial charge in [-0.1, -0.05) is 37.8 Å². The van der Waals surface area contributed by atoms with Gasteiger partial charge in [0.25, 0.3) is 0 Å². The summed E-state index contributed by atoms with van der Waals surface area (Å²) in [6.45, 7) is 5.37. The Hall–Kier alpha value is -0.340. The first kappa shape index (κ1) is 16.0. The number of ether oxygens (including phenoxy) is 1. The Balaban J connectivity index is 2.21. The van der Waals surface area contributed by atoms with Gasteiger partial charge in [0, 0.05) is 6.61 Å². The van der Waals surface area contributed by atoms with Crippen LogP contribution in [0.25, 0.3) is 0 Å². The van der Waals surface area contributed by atoms with Crippen LogP contribution in [0.15, 0.2) is 11.6 Å². The molecular formula is C18H33NO. The first-order valence-electron chi connectivity index (χ1n) is 8.72. The normalized spacial score (nSPS) is 33.4. The average molecular weight is 279 g/mol. The van der Waals surface area contributed by atoms with E-state index >= 15 is 0 Å². The lowest BCUT2D eigenvalue weighted by molar-refractivity contribution is -0.0919. The zero-order valence-corrected chi connectivity index (χ0v) is 13.7. The molecule has 0 heterocycles. The molecule has 3 atom stereocenters. The summed E-state index contributed by atoms with van der Waals surface area (Å²) >= 11 is 0. The van der Waals surface area contributed by atoms with Crippen molar-refractivity contribution in [2.45, 2.75) is 83.3 Å². The Labute approximate surface area is 125 Å². The molecule has 20 heavy (non-hydrogen) atoms. The highest BCUT2D eigenvalue weighted by Crippen LogP contribution is 2.41. The number of nitrogens with one attached hydrogen (secondary N) is 1. The predicted octanol–water partition coefficient (Wildman–Crippen LogP) is 4.45. The SMILES string of the molecule is CCOC1(C(NC)C2=CCCCCC2)CCCC(C)C1. The van der Waals surface area contributed by atoms with E-state index in [4.69, 9.17) is 4.74 Å². The van der Waals surface area contributed by atoms with Crippen LogP contribution in [0.3, 0.4) is 0 Å². The highest BCUT2D eigenvalue weighted by Gasteiger charge is 2.43. The number of allylic oxidation sites excluding steroid dienone is 1. The fraction of sp³-hybridized carbons (Fsp3) is 0.889. The van der Waals surface area contributed by atoms with Crippen LogP contribution in [0, 0.1) is 5.92 Å². The van der Waals surface area contributed by atoms with E-state index < -0.39 is 0 Å². The van der Waals surface area contributed by atoms with E-state index in [1.54, 1.807) is 5.57 Å². The molecule has 1 saturated carbocycles. The maximum absolute atomic E-state index is 6.38. The molecule has 1 N–H and O–H groups in total. The summed E-state index contributed by atoms with van der Waals surface area (Å²) < 4.78 is 6.38. The van der Waals surface area contributed by atoms with E-state index in [0.29, 0.717) is 6.04 Å². The van der Waals surface area contributed by atoms with E-state index in [0.717, 1.165) is 12.5 Å². The van der Waals surface area contributed by atoms with Gasteiger partial charge in [-0.15, -0.1) is 0 Å². The Kier molecular flexibility index (Phi) is 6.10. The Morgan fingerprint density at radius 3 is 2.90 bits per heavy atom. The number of hydrogen-bond donors (Lipinski definition) is 1. The molecule has 2 aliphatic carbocycles. The summed E-state index contributed by atoms with van der Waals surface area (Å²) in [6, 6.07) is 0.420. The van der Waals surface area contributed by atoms with Crippen molar-refractivity contribution in [3.8, 4) is 0 Å². The minimum atomic E-state index is 0.0390. The highest BCUT2D eigenvalue weighted by molar-refractivity contribution is 5.19. The van der Waals surface area contributed by atoms with Gasteiger partial charge in [-0.2, -0.15) is 0 Å². The lowest BCUT2D eigenvalue weighted by atomic mass is 9.72. The van der Waals surface area contributed by atoms with Crippen LogP contribution in [0.5, 0.6) is 0 Å². The number of likely N-dealkylation sites (N-methyl/N-ethyl adjacent to an activating group) is 1. The van der Waals surface area contributed by atoms with Gasteiger partial charge in [0.05, 0.1) is 11.6 Å². The van der Waals surface area contributed by atoms with Gasteiger partial charge >= 0.3 is 0 Å². The molecule has 3 unspecified atom stereocenters. The topological polar surface area (TPSA) is 21.3 Å². The molecule has 2 nitrogen and oxygen atoms in total. The minimum Gasteiger partial charge on any atom is -0.373 e. The van der Waals surface area contributed by atoms with Crippen molar-refractivity contribution in [1.82, 2.24) is 5.32 Å². The largest absolute Gasteiger partial charge is 0.373 e. The van der Waals surface area contributed by atoms with Gasteiger partial charge in [0.2, 0.25) is 0 Å². The predicted molar refractivity (Wildman–Crippen MR) is 86.0 cm³/mol. The fourth-order valence-electron chi connectivity index (χ4n) is 4.40. The fourth-order valence-corrected chi connectivity index (χ4v) is 4.40. The van der Waals surface area contributed by atoms with Crippen LogP contribution >= 0.6 is 0 Å². The molecule has 2 rings (SSSR count). The zero-order valence-electron chi connectivity index (χ0n) is 13.7. The Morgan fingerprint density at radius 1 is 1.35 bits per heavy atom. The second kappa shape index (κ2) is 7.61. The third-order valence-electron chi connectivity index (χ3n) is 5.18. The molecule has 0 aliphatic heterocycles. The van der Waals surface area contributed by atoms with Crippen molar-refractivity contribution < 1.29 is 4.74 Å². The van der Waals surface area contributed by atoms with Crippen LogP contribution in [-0.2, 0) is 4.74 Å². The summed E-state index contributed by atoms with van der Waals surface area (Å²) in [5.41, 5.74) is 1.66. The van der Waals surface area contributed by atoms with Crippen molar-refractivity contribution in [3.63, 3.8) is 0 Å². The summed E-state index contributed by atoms with van der Waals surface area (Å²) in [4.78, 5) is 0. The standard InChI is InChI=1S/C18H33NO/c1-4-20-18(13-9-10-15(2)14-18)17(19-3)16-11-7-5-6-8-12-16/h11,15,17,19H,4-10,12-14H2,1-3H3. The molecule has 2 aliphatic rings. The van der Waals surface area contributed by atoms with Crippen LogP contribution in [0.1, 0.15) is 71.6 Å². The van der Waals surface area contributed by atoms with Crippen molar-refractivity contribution in [1.29, 1.82) is 0 Å². The van der Waals surface area contributed by atoms with Crippen LogP contribution in [-0.4, -0.2) is 25.3 Å². The molecule has 0 radical (unpaired) electrons. The molecule has 0 aromatic rings. The second-order valence-electron chi connectivity index (χ2n) is 6.80. The van der Waals surface area contributed by atoms with Gasteiger partial charge in [-0.05, 0) is 58.4 Å². The van der Waals surface area contributed by atoms with Gasteiger partial charge in [0.15, 0.2) is 0 Å². The van der Waals surface area contributed by atoms with E-state index in [1.165, 1.54) is 57.8 Å². The molecule has 116 valence electrons. The summed E-state index contributed by atoms with van der Waals surface area (Å²) in [5.74, 6) is 0.789. The summed E-state index contributed by atoms with van der Waals surface area (Å²) in [5, 5.41) is 3.62. The molecular weight excluding hydrogens is 246 g/mol. The van der Waals surface area contributed by atoms with E-state index in [2.05, 4.69) is 32.3 Å². The average Bonchev–Trinajstić information content (AvgIpc) is 2.69. The lowest BCUT2D eigenvalue weighted by Crippen LogP contribution is -2.54. The van der Waals surface area contributed by atoms with Crippen molar-refractivity contribution in [3.05, 3.63) is 11.6 Å². The van der Waals surface area contributed by atoms with Gasteiger partial charge in [-0.3, -0.25) is 0 Å². The van der Waals surface area contributed by atoms with Gasteiger partial charge in [0.1, 0.15) is 0 Å². The van der Waals surface area contributed by atoms with Gasteiger partial charge < -0.3 is 10.1 Å². The lowest BCUT2D eigenvalue weighted by Gasteiger charge is -2.46. The quantitative estimate of drug-likeness (QED) is 0.751. The Morgan fingerprint density at radius 2 is 2.20 bits per heavy atom. The van der Waals surface area contributed by atoms with Crippen LogP contribution in [0.2, 0.25) is 0 Å². The van der Waals surface area contributed by atoms with Crippen LogP contribution in [0.4, 0.5) is 0 Å². The molecule has 1 fully saturated rings. The summed E-state index contributed by atoms with van der Waals surface area (Å²) in [6.07, 6.45) is 14.2. The molecule has 0 aromatic heterocycles. The minimum absolute atomic E-state index is 0.0390. The molecule has 0 bridgehead atoms. The molecule has 0 amide bonds. The number of rotatable bonds is 5. The third-order valence-corrected chi connectivity index (χ3v) is 5.18. The highest BCUT2D eigenvalue weighted by atomic mass is 16.5. The summed E-state index contributed by atoms with van der Waals surface area (Å²) in [7, 11) is 2.12. The second-order valence-corrected chi connectivity index (χ2v) is 6.80. The van der Waals surface area contributed by atoms with Gasteiger partial charge in [-0.25, -0.2) is 0 Å². The zero-order chi connectivity index (χ0) is 14.4. The molecule has 0 saturated heterocycles. The first-order chi connectivity index (χ1) is 9.72. The monoisotopic (exact) mass is 279 g/mol. The first-order valence-corrected chi connectivity index (χ1v) is 8.72. The Bertz CT molecular complexity index is 321. The van der Waals surface area contributed by atoms with E-state index in [-0.39, 0.29) is 5.60 Å². The molecule has 2 heteroatoms. The third kappa shape index (κ3) is 3.65. The molecule has 0 spiro atoms.